The van der Waals surface area contributed by atoms with E-state index in [0.717, 1.165) is 17.3 Å². The van der Waals surface area contributed by atoms with Crippen LogP contribution in [0.5, 0.6) is 0 Å². The average Bonchev–Trinajstić information content (AvgIpc) is 2.48. The van der Waals surface area contributed by atoms with Crippen LogP contribution in [-0.2, 0) is 0 Å². The van der Waals surface area contributed by atoms with E-state index in [9.17, 15) is 0 Å². The van der Waals surface area contributed by atoms with Gasteiger partial charge in [-0.1, -0.05) is 18.2 Å². The maximum absolute atomic E-state index is 8.71. The quantitative estimate of drug-likeness (QED) is 0.782. The number of para-hydroxylation sites is 1. The monoisotopic (exact) mass is 253 g/mol. The molecule has 1 heterocycles. The fraction of sp³-hybridized carbons (Fsp3) is 0.214. The molecule has 0 saturated heterocycles. The molecule has 2 aromatic rings. The zero-order valence-electron chi connectivity index (χ0n) is 11.0. The summed E-state index contributed by atoms with van der Waals surface area (Å²) in [5.41, 5.74) is 1.05. The predicted molar refractivity (Wildman–Crippen MR) is 75.4 cm³/mol. The number of rotatable bonds is 4. The molecular weight excluding hydrogens is 238 g/mol. The van der Waals surface area contributed by atoms with Gasteiger partial charge in [0.05, 0.1) is 6.07 Å². The molecule has 5 nitrogen and oxygen atoms in total. The van der Waals surface area contributed by atoms with Crippen LogP contribution in [0.3, 0.4) is 0 Å². The van der Waals surface area contributed by atoms with E-state index in [1.165, 1.54) is 6.33 Å². The van der Waals surface area contributed by atoms with Gasteiger partial charge in [0.2, 0.25) is 0 Å². The molecule has 0 radical (unpaired) electrons. The molecule has 0 fully saturated rings. The van der Waals surface area contributed by atoms with Crippen molar-refractivity contribution >= 4 is 17.3 Å². The van der Waals surface area contributed by atoms with Crippen LogP contribution in [-0.4, -0.2) is 30.6 Å². The summed E-state index contributed by atoms with van der Waals surface area (Å²) in [6.07, 6.45) is 1.51. The highest BCUT2D eigenvalue weighted by molar-refractivity contribution is 5.61. The van der Waals surface area contributed by atoms with Crippen molar-refractivity contribution in [3.8, 4) is 6.07 Å². The van der Waals surface area contributed by atoms with Gasteiger partial charge in [0.1, 0.15) is 24.5 Å². The lowest BCUT2D eigenvalue weighted by atomic mass is 10.3. The summed E-state index contributed by atoms with van der Waals surface area (Å²) in [4.78, 5) is 12.2. The van der Waals surface area contributed by atoms with Gasteiger partial charge in [0, 0.05) is 25.8 Å². The largest absolute Gasteiger partial charge is 0.346 e. The van der Waals surface area contributed by atoms with E-state index in [2.05, 4.69) is 16.0 Å². The van der Waals surface area contributed by atoms with Gasteiger partial charge >= 0.3 is 0 Å². The minimum atomic E-state index is 0.297. The molecule has 0 saturated carbocycles. The van der Waals surface area contributed by atoms with E-state index in [1.807, 2.05) is 55.4 Å². The predicted octanol–water partition coefficient (Wildman–Crippen LogP) is 2.20. The van der Waals surface area contributed by atoms with Crippen molar-refractivity contribution in [3.05, 3.63) is 42.7 Å². The molecular formula is C14H15N5. The van der Waals surface area contributed by atoms with E-state index >= 15 is 0 Å². The van der Waals surface area contributed by atoms with Gasteiger partial charge in [0.15, 0.2) is 0 Å². The van der Waals surface area contributed by atoms with E-state index in [-0.39, 0.29) is 0 Å². The Hall–Kier alpha value is -2.61. The normalized spacial score (nSPS) is 9.74. The Morgan fingerprint density at radius 3 is 2.47 bits per heavy atom. The molecule has 0 N–H and O–H groups in total. The molecule has 1 aromatic heterocycles. The summed E-state index contributed by atoms with van der Waals surface area (Å²) >= 11 is 0. The second kappa shape index (κ2) is 5.83. The molecule has 0 aliphatic rings. The topological polar surface area (TPSA) is 56.1 Å². The van der Waals surface area contributed by atoms with E-state index < -0.39 is 0 Å². The van der Waals surface area contributed by atoms with Gasteiger partial charge in [-0.15, -0.1) is 0 Å². The maximum Gasteiger partial charge on any atom is 0.138 e. The van der Waals surface area contributed by atoms with E-state index in [4.69, 9.17) is 5.26 Å². The standard InChI is InChI=1S/C14H15N5/c1-18(9-8-15)13-10-14(17-11-16-13)19(2)12-6-4-3-5-7-12/h3-7,10-11H,9H2,1-2H3. The summed E-state index contributed by atoms with van der Waals surface area (Å²) in [7, 11) is 3.78. The Morgan fingerprint density at radius 2 is 1.79 bits per heavy atom. The van der Waals surface area contributed by atoms with Crippen LogP contribution in [0.2, 0.25) is 0 Å². The molecule has 1 aromatic carbocycles. The molecule has 96 valence electrons. The summed E-state index contributed by atoms with van der Waals surface area (Å²) < 4.78 is 0. The number of benzene rings is 1. The number of hydrogen-bond donors (Lipinski definition) is 0. The third-order valence-corrected chi connectivity index (χ3v) is 2.82. The lowest BCUT2D eigenvalue weighted by molar-refractivity contribution is 0.970. The fourth-order valence-corrected chi connectivity index (χ4v) is 1.70. The van der Waals surface area contributed by atoms with Gasteiger partial charge in [0.25, 0.3) is 0 Å². The summed E-state index contributed by atoms with van der Waals surface area (Å²) in [5, 5.41) is 8.71. The van der Waals surface area contributed by atoms with Crippen molar-refractivity contribution in [2.75, 3.05) is 30.4 Å². The third-order valence-electron chi connectivity index (χ3n) is 2.82. The van der Waals surface area contributed by atoms with Crippen molar-refractivity contribution in [3.63, 3.8) is 0 Å². The first kappa shape index (κ1) is 12.8. The number of nitrogens with zero attached hydrogens (tertiary/aromatic N) is 5. The van der Waals surface area contributed by atoms with E-state index in [0.29, 0.717) is 6.54 Å². The Bertz CT molecular complexity index is 576. The molecule has 0 amide bonds. The Labute approximate surface area is 112 Å². The Morgan fingerprint density at radius 1 is 1.11 bits per heavy atom. The van der Waals surface area contributed by atoms with Crippen LogP contribution in [0.25, 0.3) is 0 Å². The van der Waals surface area contributed by atoms with Crippen LogP contribution in [0.4, 0.5) is 17.3 Å². The van der Waals surface area contributed by atoms with Crippen molar-refractivity contribution < 1.29 is 0 Å². The minimum Gasteiger partial charge on any atom is -0.346 e. The number of anilines is 3. The lowest BCUT2D eigenvalue weighted by Crippen LogP contribution is -2.19. The second-order valence-corrected chi connectivity index (χ2v) is 4.14. The van der Waals surface area contributed by atoms with Gasteiger partial charge in [-0.2, -0.15) is 5.26 Å². The van der Waals surface area contributed by atoms with Gasteiger partial charge < -0.3 is 9.80 Å². The van der Waals surface area contributed by atoms with Crippen LogP contribution < -0.4 is 9.80 Å². The first-order valence-corrected chi connectivity index (χ1v) is 5.91. The molecule has 0 unspecified atom stereocenters. The van der Waals surface area contributed by atoms with Crippen LogP contribution in [0.15, 0.2) is 42.7 Å². The van der Waals surface area contributed by atoms with Crippen LogP contribution >= 0.6 is 0 Å². The number of nitriles is 1. The zero-order chi connectivity index (χ0) is 13.7. The summed E-state index contributed by atoms with van der Waals surface area (Å²) in [5.74, 6) is 1.52. The van der Waals surface area contributed by atoms with Gasteiger partial charge in [-0.05, 0) is 12.1 Å². The Balaban J connectivity index is 2.26. The molecule has 0 aliphatic heterocycles. The average molecular weight is 253 g/mol. The van der Waals surface area contributed by atoms with Gasteiger partial charge in [-0.3, -0.25) is 0 Å². The van der Waals surface area contributed by atoms with Crippen molar-refractivity contribution in [1.82, 2.24) is 9.97 Å². The van der Waals surface area contributed by atoms with Crippen LogP contribution in [0.1, 0.15) is 0 Å². The molecule has 19 heavy (non-hydrogen) atoms. The first-order chi connectivity index (χ1) is 9.22. The Kier molecular flexibility index (Phi) is 3.94. The fourth-order valence-electron chi connectivity index (χ4n) is 1.70. The van der Waals surface area contributed by atoms with Crippen LogP contribution in [0, 0.1) is 11.3 Å². The summed E-state index contributed by atoms with van der Waals surface area (Å²) in [6.45, 7) is 0.297. The highest BCUT2D eigenvalue weighted by Gasteiger charge is 2.08. The number of aromatic nitrogens is 2. The molecule has 0 atom stereocenters. The highest BCUT2D eigenvalue weighted by Crippen LogP contribution is 2.23. The number of hydrogen-bond acceptors (Lipinski definition) is 5. The smallest absolute Gasteiger partial charge is 0.138 e. The summed E-state index contributed by atoms with van der Waals surface area (Å²) in [6, 6.07) is 13.9. The van der Waals surface area contributed by atoms with E-state index in [1.54, 1.807) is 4.90 Å². The maximum atomic E-state index is 8.71. The van der Waals surface area contributed by atoms with Crippen molar-refractivity contribution in [2.24, 2.45) is 0 Å². The molecule has 0 aliphatic carbocycles. The highest BCUT2D eigenvalue weighted by atomic mass is 15.2. The van der Waals surface area contributed by atoms with Crippen molar-refractivity contribution in [1.29, 1.82) is 5.26 Å². The third kappa shape index (κ3) is 2.99. The second-order valence-electron chi connectivity index (χ2n) is 4.14. The zero-order valence-corrected chi connectivity index (χ0v) is 11.0. The molecule has 5 heteroatoms. The van der Waals surface area contributed by atoms with Gasteiger partial charge in [-0.25, -0.2) is 9.97 Å². The molecule has 0 bridgehead atoms. The molecule has 0 spiro atoms. The minimum absolute atomic E-state index is 0.297. The molecule has 2 rings (SSSR count). The first-order valence-electron chi connectivity index (χ1n) is 5.91. The lowest BCUT2D eigenvalue weighted by Gasteiger charge is -2.20. The van der Waals surface area contributed by atoms with Crippen molar-refractivity contribution in [2.45, 2.75) is 0 Å². The SMILES string of the molecule is CN(CC#N)c1cc(N(C)c2ccccc2)ncn1.